The molecule has 1 aromatic rings. The van der Waals surface area contributed by atoms with Crippen molar-refractivity contribution in [2.45, 2.75) is 105 Å². The first-order valence-corrected chi connectivity index (χ1v) is 14.6. The number of hydrogen-bond acceptors (Lipinski definition) is 4. The van der Waals surface area contributed by atoms with Crippen molar-refractivity contribution in [3.8, 4) is 11.5 Å². The predicted octanol–water partition coefficient (Wildman–Crippen LogP) is 8.42. The van der Waals surface area contributed by atoms with Gasteiger partial charge in [0.15, 0.2) is 11.5 Å². The number of carbonyl (C=O) groups is 2. The van der Waals surface area contributed by atoms with Crippen molar-refractivity contribution >= 4 is 11.9 Å². The van der Waals surface area contributed by atoms with Gasteiger partial charge in [-0.2, -0.15) is 0 Å². The van der Waals surface area contributed by atoms with E-state index >= 15 is 0 Å². The number of allylic oxidation sites excluding steroid dienone is 9. The fourth-order valence-electron chi connectivity index (χ4n) is 4.38. The van der Waals surface area contributed by atoms with Crippen LogP contribution in [0.5, 0.6) is 11.5 Å². The average Bonchev–Trinajstić information content (AvgIpc) is 2.88. The highest BCUT2D eigenvalue weighted by Crippen LogP contribution is 2.26. The van der Waals surface area contributed by atoms with Crippen molar-refractivity contribution in [3.63, 3.8) is 0 Å². The number of carboxylic acids is 1. The third kappa shape index (κ3) is 15.1. The summed E-state index contributed by atoms with van der Waals surface area (Å²) in [5.74, 6) is -2.12. The van der Waals surface area contributed by atoms with Crippen molar-refractivity contribution in [2.75, 3.05) is 7.05 Å². The van der Waals surface area contributed by atoms with Gasteiger partial charge >= 0.3 is 5.97 Å². The summed E-state index contributed by atoms with van der Waals surface area (Å²) in [5.41, 5.74) is 6.99. The molecule has 0 aliphatic rings. The highest BCUT2D eigenvalue weighted by Gasteiger charge is 2.26. The SMILES string of the molecule is CC(C)=CCC/C(C)=C/CC/C(C)=C/CC/C(C)=C/CC/C(C)=C/C(=O)N(C)C(Cc1ccc(O)c(O)c1)C(=O)O. The summed E-state index contributed by atoms with van der Waals surface area (Å²) in [6.07, 6.45) is 18.7. The highest BCUT2D eigenvalue weighted by atomic mass is 16.4. The number of aromatic hydroxyl groups is 2. The summed E-state index contributed by atoms with van der Waals surface area (Å²) in [6, 6.07) is 3.05. The van der Waals surface area contributed by atoms with E-state index in [9.17, 15) is 24.9 Å². The van der Waals surface area contributed by atoms with Gasteiger partial charge < -0.3 is 20.2 Å². The first kappa shape index (κ1) is 35.5. The Balaban J connectivity index is 2.51. The molecular weight excluding hydrogens is 514 g/mol. The second-order valence-corrected chi connectivity index (χ2v) is 11.4. The monoisotopic (exact) mass is 565 g/mol. The predicted molar refractivity (Wildman–Crippen MR) is 169 cm³/mol. The Morgan fingerprint density at radius 3 is 1.63 bits per heavy atom. The number of carboxylic acid groups (broad SMARTS) is 1. The molecule has 1 atom stereocenters. The molecule has 41 heavy (non-hydrogen) atoms. The van der Waals surface area contributed by atoms with Gasteiger partial charge in [-0.1, -0.05) is 58.2 Å². The lowest BCUT2D eigenvalue weighted by Crippen LogP contribution is -2.43. The van der Waals surface area contributed by atoms with Gasteiger partial charge in [-0.15, -0.1) is 0 Å². The summed E-state index contributed by atoms with van der Waals surface area (Å²) in [4.78, 5) is 25.8. The molecule has 3 N–H and O–H groups in total. The van der Waals surface area contributed by atoms with Crippen LogP contribution in [-0.2, 0) is 16.0 Å². The number of amides is 1. The molecule has 0 saturated carbocycles. The number of rotatable bonds is 17. The average molecular weight is 566 g/mol. The maximum Gasteiger partial charge on any atom is 0.326 e. The summed E-state index contributed by atoms with van der Waals surface area (Å²) in [7, 11) is 1.47. The fraction of sp³-hybridized carbons (Fsp3) is 0.486. The number of hydrogen-bond donors (Lipinski definition) is 3. The first-order valence-electron chi connectivity index (χ1n) is 14.6. The molecule has 0 aliphatic heterocycles. The number of phenols is 2. The minimum atomic E-state index is -1.14. The molecule has 226 valence electrons. The largest absolute Gasteiger partial charge is 0.504 e. The minimum absolute atomic E-state index is 0.0150. The molecule has 1 unspecified atom stereocenters. The molecule has 0 saturated heterocycles. The lowest BCUT2D eigenvalue weighted by Gasteiger charge is -2.24. The zero-order chi connectivity index (χ0) is 30.9. The first-order chi connectivity index (χ1) is 19.3. The smallest absolute Gasteiger partial charge is 0.326 e. The Morgan fingerprint density at radius 1 is 0.732 bits per heavy atom. The maximum atomic E-state index is 12.8. The molecule has 0 radical (unpaired) electrons. The summed E-state index contributed by atoms with van der Waals surface area (Å²) >= 11 is 0. The van der Waals surface area contributed by atoms with Crippen molar-refractivity contribution in [2.24, 2.45) is 0 Å². The molecule has 0 fully saturated rings. The van der Waals surface area contributed by atoms with E-state index in [1.165, 1.54) is 58.5 Å². The van der Waals surface area contributed by atoms with Gasteiger partial charge in [0.1, 0.15) is 6.04 Å². The van der Waals surface area contributed by atoms with Crippen LogP contribution in [0.4, 0.5) is 0 Å². The van der Waals surface area contributed by atoms with Crippen LogP contribution < -0.4 is 0 Å². The Morgan fingerprint density at radius 2 is 1.20 bits per heavy atom. The van der Waals surface area contributed by atoms with Crippen molar-refractivity contribution in [1.29, 1.82) is 0 Å². The molecule has 6 heteroatoms. The number of likely N-dealkylation sites (N-methyl/N-ethyl adjacent to an activating group) is 1. The summed E-state index contributed by atoms with van der Waals surface area (Å²) in [6.45, 7) is 12.7. The van der Waals surface area contributed by atoms with Crippen LogP contribution in [0, 0.1) is 0 Å². The van der Waals surface area contributed by atoms with E-state index in [-0.39, 0.29) is 23.8 Å². The lowest BCUT2D eigenvalue weighted by molar-refractivity contribution is -0.147. The zero-order valence-electron chi connectivity index (χ0n) is 26.2. The molecule has 0 aliphatic carbocycles. The second kappa shape index (κ2) is 18.7. The minimum Gasteiger partial charge on any atom is -0.504 e. The second-order valence-electron chi connectivity index (χ2n) is 11.4. The van der Waals surface area contributed by atoms with Gasteiger partial charge in [-0.3, -0.25) is 4.79 Å². The van der Waals surface area contributed by atoms with Gasteiger partial charge in [0.2, 0.25) is 5.91 Å². The van der Waals surface area contributed by atoms with Crippen LogP contribution in [0.1, 0.15) is 98.5 Å². The van der Waals surface area contributed by atoms with E-state index in [0.29, 0.717) is 12.0 Å². The molecule has 1 rings (SSSR count). The molecule has 1 aromatic carbocycles. The quantitative estimate of drug-likeness (QED) is 0.100. The number of nitrogens with zero attached hydrogens (tertiary/aromatic N) is 1. The van der Waals surface area contributed by atoms with Crippen molar-refractivity contribution in [3.05, 3.63) is 82.0 Å². The summed E-state index contributed by atoms with van der Waals surface area (Å²) < 4.78 is 0. The normalized spacial score (nSPS) is 13.6. The van der Waals surface area contributed by atoms with Gasteiger partial charge in [-0.25, -0.2) is 4.79 Å². The third-order valence-corrected chi connectivity index (χ3v) is 7.12. The van der Waals surface area contributed by atoms with Crippen LogP contribution in [0.3, 0.4) is 0 Å². The highest BCUT2D eigenvalue weighted by molar-refractivity contribution is 5.91. The van der Waals surface area contributed by atoms with E-state index in [1.54, 1.807) is 0 Å². The molecule has 1 amide bonds. The van der Waals surface area contributed by atoms with Gasteiger partial charge in [0, 0.05) is 19.5 Å². The molecular formula is C35H51NO5. The number of aliphatic carboxylic acids is 1. The van der Waals surface area contributed by atoms with E-state index in [2.05, 4.69) is 58.9 Å². The molecule has 0 bridgehead atoms. The van der Waals surface area contributed by atoms with Crippen LogP contribution in [0.2, 0.25) is 0 Å². The molecule has 0 heterocycles. The number of phenolic OH excluding ortho intramolecular Hbond substituents is 2. The third-order valence-electron chi connectivity index (χ3n) is 7.12. The van der Waals surface area contributed by atoms with Gasteiger partial charge in [-0.05, 0) is 111 Å². The summed E-state index contributed by atoms with van der Waals surface area (Å²) in [5, 5.41) is 28.9. The van der Waals surface area contributed by atoms with E-state index in [4.69, 9.17) is 0 Å². The van der Waals surface area contributed by atoms with E-state index in [1.807, 2.05) is 6.92 Å². The lowest BCUT2D eigenvalue weighted by atomic mass is 10.0. The van der Waals surface area contributed by atoms with Crippen LogP contribution in [-0.4, -0.2) is 45.2 Å². The topological polar surface area (TPSA) is 98.1 Å². The fourth-order valence-corrected chi connectivity index (χ4v) is 4.38. The van der Waals surface area contributed by atoms with Gasteiger partial charge in [0.05, 0.1) is 0 Å². The van der Waals surface area contributed by atoms with Crippen LogP contribution in [0.25, 0.3) is 0 Å². The molecule has 6 nitrogen and oxygen atoms in total. The Kier molecular flexibility index (Phi) is 16.2. The molecule has 0 aromatic heterocycles. The molecule has 0 spiro atoms. The number of benzene rings is 1. The van der Waals surface area contributed by atoms with Crippen molar-refractivity contribution < 1.29 is 24.9 Å². The van der Waals surface area contributed by atoms with Crippen LogP contribution >= 0.6 is 0 Å². The van der Waals surface area contributed by atoms with E-state index in [0.717, 1.165) is 50.5 Å². The van der Waals surface area contributed by atoms with Gasteiger partial charge in [0.25, 0.3) is 0 Å². The van der Waals surface area contributed by atoms with Crippen molar-refractivity contribution in [1.82, 2.24) is 4.90 Å². The zero-order valence-corrected chi connectivity index (χ0v) is 26.2. The Labute approximate surface area is 247 Å². The number of carbonyl (C=O) groups excluding carboxylic acids is 1. The maximum absolute atomic E-state index is 12.8. The van der Waals surface area contributed by atoms with E-state index < -0.39 is 12.0 Å². The standard InChI is InChI=1S/C35H51NO5/c1-25(2)12-8-13-26(3)14-9-15-27(4)16-10-17-28(5)18-11-19-29(6)22-34(39)36(7)31(35(40)41)23-30-20-21-32(37)33(38)24-30/h12,14,16,18,20-22,24,31,37-38H,8-11,13,15,17,19,23H2,1-7H3,(H,40,41)/b26-14+,27-16+,28-18+,29-22+. The van der Waals surface area contributed by atoms with Crippen LogP contribution in [0.15, 0.2) is 76.4 Å². The Hall–Kier alpha value is -3.54. The Bertz CT molecular complexity index is 1170.